The smallest absolute Gasteiger partial charge is 0.393 e. The second-order valence-corrected chi connectivity index (χ2v) is 4.16. The minimum absolute atomic E-state index is 0.0771. The van der Waals surface area contributed by atoms with Gasteiger partial charge in [0, 0.05) is 0 Å². The van der Waals surface area contributed by atoms with Crippen LogP contribution in [0.1, 0.15) is 19.8 Å². The first-order valence-electron chi connectivity index (χ1n) is 4.38. The summed E-state index contributed by atoms with van der Waals surface area (Å²) in [6.07, 6.45) is -4.56. The van der Waals surface area contributed by atoms with Crippen LogP contribution in [-0.2, 0) is 4.79 Å². The van der Waals surface area contributed by atoms with Crippen LogP contribution in [0.2, 0.25) is 0 Å². The molecule has 0 aromatic rings. The van der Waals surface area contributed by atoms with Gasteiger partial charge in [-0.2, -0.15) is 13.2 Å². The maximum absolute atomic E-state index is 12.4. The van der Waals surface area contributed by atoms with Crippen molar-refractivity contribution in [2.75, 3.05) is 0 Å². The third kappa shape index (κ3) is 2.39. The van der Waals surface area contributed by atoms with E-state index >= 15 is 0 Å². The molecule has 1 amide bonds. The molecule has 7 heteroatoms. The lowest BCUT2D eigenvalue weighted by molar-refractivity contribution is -0.170. The fourth-order valence-corrected chi connectivity index (χ4v) is 1.18. The first-order chi connectivity index (χ1) is 6.69. The van der Waals surface area contributed by atoms with E-state index in [9.17, 15) is 18.0 Å². The highest BCUT2D eigenvalue weighted by Crippen LogP contribution is 2.48. The Kier molecular flexibility index (Phi) is 2.95. The number of nitrogens with one attached hydrogen (secondary N) is 1. The largest absolute Gasteiger partial charge is 0.411 e. The maximum atomic E-state index is 12.4. The molecule has 1 aliphatic carbocycles. The van der Waals surface area contributed by atoms with Crippen LogP contribution >= 0.6 is 12.2 Å². The van der Waals surface area contributed by atoms with Gasteiger partial charge in [-0.25, -0.2) is 0 Å². The van der Waals surface area contributed by atoms with Crippen molar-refractivity contribution in [3.8, 4) is 0 Å². The molecule has 0 spiro atoms. The van der Waals surface area contributed by atoms with E-state index in [0.717, 1.165) is 0 Å². The van der Waals surface area contributed by atoms with E-state index in [1.165, 1.54) is 6.92 Å². The van der Waals surface area contributed by atoms with Crippen LogP contribution in [0.5, 0.6) is 0 Å². The van der Waals surface area contributed by atoms with Gasteiger partial charge in [-0.3, -0.25) is 4.79 Å². The van der Waals surface area contributed by atoms with E-state index in [-0.39, 0.29) is 17.8 Å². The molecule has 1 unspecified atom stereocenters. The number of halogens is 3. The molecule has 1 atom stereocenters. The zero-order valence-corrected chi connectivity index (χ0v) is 8.84. The van der Waals surface area contributed by atoms with Gasteiger partial charge in [-0.15, -0.1) is 0 Å². The van der Waals surface area contributed by atoms with Crippen LogP contribution in [0.4, 0.5) is 13.2 Å². The van der Waals surface area contributed by atoms with Crippen molar-refractivity contribution in [1.82, 2.24) is 5.32 Å². The van der Waals surface area contributed by atoms with E-state index in [0.29, 0.717) is 0 Å². The zero-order chi connectivity index (χ0) is 11.9. The molecule has 3 N–H and O–H groups in total. The lowest BCUT2D eigenvalue weighted by atomic mass is 10.1. The Morgan fingerprint density at radius 2 is 2.00 bits per heavy atom. The van der Waals surface area contributed by atoms with E-state index in [1.807, 2.05) is 5.32 Å². The van der Waals surface area contributed by atoms with Crippen molar-refractivity contribution in [2.45, 2.75) is 31.5 Å². The Morgan fingerprint density at radius 3 is 2.27 bits per heavy atom. The number of nitrogens with two attached hydrogens (primary N) is 1. The number of thiocarbonyl (C=S) groups is 1. The number of alkyl halides is 3. The molecule has 0 heterocycles. The molecule has 0 saturated heterocycles. The number of hydrogen-bond acceptors (Lipinski definition) is 2. The van der Waals surface area contributed by atoms with Gasteiger partial charge in [0.25, 0.3) is 0 Å². The predicted molar refractivity (Wildman–Crippen MR) is 52.1 cm³/mol. The molecule has 1 aliphatic rings. The number of carbonyl (C=O) groups excluding carboxylic acids is 1. The SMILES string of the molecule is CC(C(=O)NC1(C(F)(F)F)CC1)C(N)=S. The summed E-state index contributed by atoms with van der Waals surface area (Å²) in [5.74, 6) is -1.64. The zero-order valence-electron chi connectivity index (χ0n) is 8.02. The van der Waals surface area contributed by atoms with Gasteiger partial charge in [-0.1, -0.05) is 12.2 Å². The maximum Gasteiger partial charge on any atom is 0.411 e. The second kappa shape index (κ2) is 3.62. The predicted octanol–water partition coefficient (Wildman–Crippen LogP) is 1.12. The van der Waals surface area contributed by atoms with Crippen molar-refractivity contribution < 1.29 is 18.0 Å². The summed E-state index contributed by atoms with van der Waals surface area (Å²) in [6, 6.07) is 0. The molecule has 3 nitrogen and oxygen atoms in total. The van der Waals surface area contributed by atoms with Gasteiger partial charge >= 0.3 is 6.18 Å². The molecule has 0 aromatic heterocycles. The third-order valence-electron chi connectivity index (χ3n) is 2.48. The second-order valence-electron chi connectivity index (χ2n) is 3.69. The summed E-state index contributed by atoms with van der Waals surface area (Å²) in [5, 5.41) is 1.96. The van der Waals surface area contributed by atoms with Crippen LogP contribution in [0.15, 0.2) is 0 Å². The molecule has 1 rings (SSSR count). The molecule has 1 fully saturated rings. The van der Waals surface area contributed by atoms with Crippen LogP contribution in [0, 0.1) is 5.92 Å². The van der Waals surface area contributed by atoms with Gasteiger partial charge in [0.05, 0.1) is 10.9 Å². The standard InChI is InChI=1S/C8H11F3N2OS/c1-4(5(12)15)6(14)13-7(2-3-7)8(9,10)11/h4H,2-3H2,1H3,(H2,12,15)(H,13,14). The Bertz CT molecular complexity index is 299. The number of carbonyl (C=O) groups is 1. The van der Waals surface area contributed by atoms with Crippen molar-refractivity contribution in [1.29, 1.82) is 0 Å². The Labute approximate surface area is 90.2 Å². The minimum atomic E-state index is -4.40. The molecular weight excluding hydrogens is 229 g/mol. The average Bonchev–Trinajstić information content (AvgIpc) is 2.82. The lowest BCUT2D eigenvalue weighted by Crippen LogP contribution is -2.50. The van der Waals surface area contributed by atoms with Crippen LogP contribution in [0.25, 0.3) is 0 Å². The Morgan fingerprint density at radius 1 is 1.53 bits per heavy atom. The van der Waals surface area contributed by atoms with Gasteiger partial charge in [0.15, 0.2) is 0 Å². The van der Waals surface area contributed by atoms with Crippen molar-refractivity contribution >= 4 is 23.1 Å². The summed E-state index contributed by atoms with van der Waals surface area (Å²) in [5.41, 5.74) is 3.14. The first kappa shape index (κ1) is 12.2. The number of hydrogen-bond donors (Lipinski definition) is 2. The highest BCUT2D eigenvalue weighted by Gasteiger charge is 2.64. The van der Waals surface area contributed by atoms with Crippen molar-refractivity contribution in [3.63, 3.8) is 0 Å². The fourth-order valence-electron chi connectivity index (χ4n) is 1.08. The summed E-state index contributed by atoms with van der Waals surface area (Å²) in [4.78, 5) is 11.2. The summed E-state index contributed by atoms with van der Waals surface area (Å²) >= 11 is 4.53. The number of amides is 1. The molecule has 0 radical (unpaired) electrons. The average molecular weight is 240 g/mol. The Balaban J connectivity index is 2.64. The molecule has 0 bridgehead atoms. The van der Waals surface area contributed by atoms with Gasteiger partial charge in [0.1, 0.15) is 5.54 Å². The normalized spacial score (nSPS) is 20.5. The van der Waals surface area contributed by atoms with Crippen LogP contribution < -0.4 is 11.1 Å². The quantitative estimate of drug-likeness (QED) is 0.727. The summed E-state index contributed by atoms with van der Waals surface area (Å²) in [7, 11) is 0. The van der Waals surface area contributed by atoms with Gasteiger partial charge < -0.3 is 11.1 Å². The lowest BCUT2D eigenvalue weighted by Gasteiger charge is -2.22. The monoisotopic (exact) mass is 240 g/mol. The molecular formula is C8H11F3N2OS. The van der Waals surface area contributed by atoms with E-state index in [2.05, 4.69) is 12.2 Å². The van der Waals surface area contributed by atoms with Crippen molar-refractivity contribution in [2.24, 2.45) is 11.7 Å². The minimum Gasteiger partial charge on any atom is -0.393 e. The molecule has 86 valence electrons. The fraction of sp³-hybridized carbons (Fsp3) is 0.750. The van der Waals surface area contributed by atoms with Gasteiger partial charge in [-0.05, 0) is 19.8 Å². The van der Waals surface area contributed by atoms with Crippen molar-refractivity contribution in [3.05, 3.63) is 0 Å². The molecule has 0 aromatic carbocycles. The highest BCUT2D eigenvalue weighted by atomic mass is 32.1. The van der Waals surface area contributed by atoms with Gasteiger partial charge in [0.2, 0.25) is 5.91 Å². The van der Waals surface area contributed by atoms with E-state index in [1.54, 1.807) is 0 Å². The summed E-state index contributed by atoms with van der Waals surface area (Å²) in [6.45, 7) is 1.38. The third-order valence-corrected chi connectivity index (χ3v) is 2.83. The number of rotatable bonds is 3. The van der Waals surface area contributed by atoms with E-state index in [4.69, 9.17) is 5.73 Å². The molecule has 0 aliphatic heterocycles. The highest BCUT2D eigenvalue weighted by molar-refractivity contribution is 7.80. The summed E-state index contributed by atoms with van der Waals surface area (Å²) < 4.78 is 37.3. The van der Waals surface area contributed by atoms with Crippen LogP contribution in [0.3, 0.4) is 0 Å². The van der Waals surface area contributed by atoms with E-state index < -0.39 is 23.5 Å². The molecule has 15 heavy (non-hydrogen) atoms. The first-order valence-corrected chi connectivity index (χ1v) is 4.78. The Hall–Kier alpha value is -0.850. The van der Waals surface area contributed by atoms with Crippen LogP contribution in [-0.4, -0.2) is 22.6 Å². The topological polar surface area (TPSA) is 55.1 Å². The molecule has 1 saturated carbocycles.